The Labute approximate surface area is 161 Å². The minimum absolute atomic E-state index is 0.0523. The molecule has 1 saturated heterocycles. The molecule has 0 aromatic heterocycles. The van der Waals surface area contributed by atoms with Crippen molar-refractivity contribution in [1.82, 2.24) is 9.80 Å². The van der Waals surface area contributed by atoms with Gasteiger partial charge in [-0.2, -0.15) is 0 Å². The average Bonchev–Trinajstić information content (AvgIpc) is 2.94. The maximum atomic E-state index is 13.0. The molecule has 2 aromatic carbocycles. The number of ether oxygens (including phenoxy) is 1. The van der Waals surface area contributed by atoms with E-state index < -0.39 is 0 Å². The highest BCUT2D eigenvalue weighted by Gasteiger charge is 2.30. The minimum atomic E-state index is -0.0523. The van der Waals surface area contributed by atoms with E-state index in [0.29, 0.717) is 6.61 Å². The average molecular weight is 364 g/mol. The Kier molecular flexibility index (Phi) is 5.44. The lowest BCUT2D eigenvalue weighted by Gasteiger charge is -2.29. The highest BCUT2D eigenvalue weighted by Crippen LogP contribution is 2.28. The van der Waals surface area contributed by atoms with Gasteiger partial charge in [-0.25, -0.2) is 0 Å². The van der Waals surface area contributed by atoms with Crippen LogP contribution in [0.2, 0.25) is 0 Å². The van der Waals surface area contributed by atoms with Gasteiger partial charge in [-0.1, -0.05) is 48.0 Å². The van der Waals surface area contributed by atoms with Crippen LogP contribution in [0.25, 0.3) is 0 Å². The fourth-order valence-electron chi connectivity index (χ4n) is 4.05. The second-order valence-electron chi connectivity index (χ2n) is 7.76. The van der Waals surface area contributed by atoms with Crippen LogP contribution in [-0.2, 0) is 17.8 Å². The maximum absolute atomic E-state index is 13.0. The number of rotatable bonds is 3. The number of carbonyl (C=O) groups excluding carboxylic acids is 1. The van der Waals surface area contributed by atoms with Crippen molar-refractivity contribution >= 4 is 5.91 Å². The van der Waals surface area contributed by atoms with Crippen LogP contribution in [0.1, 0.15) is 23.1 Å². The predicted octanol–water partition coefficient (Wildman–Crippen LogP) is 3.28. The standard InChI is InChI=1S/C23H28N2O2/c1-18-7-9-19(10-8-18)16-24-11-4-12-25(14-13-24)23(26)21-15-20-5-2-3-6-22(20)27-17-21/h2-3,5-10,21H,4,11-17H2,1H3. The summed E-state index contributed by atoms with van der Waals surface area (Å²) < 4.78 is 5.83. The van der Waals surface area contributed by atoms with Gasteiger partial charge in [-0.15, -0.1) is 0 Å². The topological polar surface area (TPSA) is 32.8 Å². The van der Waals surface area contributed by atoms with Gasteiger partial charge in [0.2, 0.25) is 5.91 Å². The van der Waals surface area contributed by atoms with E-state index in [-0.39, 0.29) is 11.8 Å². The highest BCUT2D eigenvalue weighted by molar-refractivity contribution is 5.79. The molecular formula is C23H28N2O2. The van der Waals surface area contributed by atoms with Gasteiger partial charge in [-0.3, -0.25) is 9.69 Å². The summed E-state index contributed by atoms with van der Waals surface area (Å²) in [5.41, 5.74) is 3.79. The van der Waals surface area contributed by atoms with E-state index >= 15 is 0 Å². The van der Waals surface area contributed by atoms with Crippen molar-refractivity contribution in [3.63, 3.8) is 0 Å². The van der Waals surface area contributed by atoms with Crippen molar-refractivity contribution in [1.29, 1.82) is 0 Å². The predicted molar refractivity (Wildman–Crippen MR) is 107 cm³/mol. The van der Waals surface area contributed by atoms with Crippen molar-refractivity contribution in [3.05, 3.63) is 65.2 Å². The highest BCUT2D eigenvalue weighted by atomic mass is 16.5. The molecule has 0 aliphatic carbocycles. The normalized spacial score (nSPS) is 20.5. The second kappa shape index (κ2) is 8.13. The zero-order valence-electron chi connectivity index (χ0n) is 16.1. The SMILES string of the molecule is Cc1ccc(CN2CCCN(C(=O)C3COc4ccccc4C3)CC2)cc1. The van der Waals surface area contributed by atoms with Gasteiger partial charge in [0.1, 0.15) is 12.4 Å². The second-order valence-corrected chi connectivity index (χ2v) is 7.76. The summed E-state index contributed by atoms with van der Waals surface area (Å²) in [4.78, 5) is 17.6. The summed E-state index contributed by atoms with van der Waals surface area (Å²) in [6.45, 7) is 7.21. The zero-order chi connectivity index (χ0) is 18.6. The molecule has 27 heavy (non-hydrogen) atoms. The van der Waals surface area contributed by atoms with E-state index in [1.165, 1.54) is 11.1 Å². The first kappa shape index (κ1) is 18.1. The van der Waals surface area contributed by atoms with Gasteiger partial charge in [0.25, 0.3) is 0 Å². The molecule has 2 aromatic rings. The van der Waals surface area contributed by atoms with Gasteiger partial charge < -0.3 is 9.64 Å². The van der Waals surface area contributed by atoms with E-state index in [2.05, 4.69) is 47.1 Å². The lowest BCUT2D eigenvalue weighted by Crippen LogP contribution is -2.42. The largest absolute Gasteiger partial charge is 0.492 e. The van der Waals surface area contributed by atoms with Gasteiger partial charge in [0.05, 0.1) is 5.92 Å². The number of fused-ring (bicyclic) bond motifs is 1. The van der Waals surface area contributed by atoms with Crippen molar-refractivity contribution in [2.45, 2.75) is 26.3 Å². The molecule has 4 heteroatoms. The zero-order valence-corrected chi connectivity index (χ0v) is 16.1. The van der Waals surface area contributed by atoms with Gasteiger partial charge >= 0.3 is 0 Å². The monoisotopic (exact) mass is 364 g/mol. The number of nitrogens with zero attached hydrogens (tertiary/aromatic N) is 2. The molecular weight excluding hydrogens is 336 g/mol. The molecule has 0 bridgehead atoms. The van der Waals surface area contributed by atoms with E-state index in [1.807, 2.05) is 18.2 Å². The Bertz CT molecular complexity index is 787. The van der Waals surface area contributed by atoms with E-state index in [0.717, 1.165) is 56.9 Å². The molecule has 4 nitrogen and oxygen atoms in total. The third-order valence-corrected chi connectivity index (χ3v) is 5.66. The van der Waals surface area contributed by atoms with Crippen LogP contribution in [0.15, 0.2) is 48.5 Å². The minimum Gasteiger partial charge on any atom is -0.492 e. The van der Waals surface area contributed by atoms with Crippen LogP contribution >= 0.6 is 0 Å². The molecule has 142 valence electrons. The quantitative estimate of drug-likeness (QED) is 0.838. The summed E-state index contributed by atoms with van der Waals surface area (Å²) in [7, 11) is 0. The molecule has 0 radical (unpaired) electrons. The fourth-order valence-corrected chi connectivity index (χ4v) is 4.05. The molecule has 0 spiro atoms. The van der Waals surface area contributed by atoms with E-state index in [1.54, 1.807) is 0 Å². The summed E-state index contributed by atoms with van der Waals surface area (Å²) in [6, 6.07) is 16.8. The summed E-state index contributed by atoms with van der Waals surface area (Å²) in [6.07, 6.45) is 1.82. The van der Waals surface area contributed by atoms with Gasteiger partial charge in [-0.05, 0) is 37.0 Å². The Morgan fingerprint density at radius 1 is 1.04 bits per heavy atom. The first-order valence-electron chi connectivity index (χ1n) is 9.96. The van der Waals surface area contributed by atoms with E-state index in [9.17, 15) is 4.79 Å². The van der Waals surface area contributed by atoms with Crippen molar-refractivity contribution in [3.8, 4) is 5.75 Å². The molecule has 0 saturated carbocycles. The number of amides is 1. The number of aryl methyl sites for hydroxylation is 1. The first-order chi connectivity index (χ1) is 13.2. The Hall–Kier alpha value is -2.33. The Morgan fingerprint density at radius 2 is 1.85 bits per heavy atom. The third kappa shape index (κ3) is 4.33. The van der Waals surface area contributed by atoms with Crippen molar-refractivity contribution in [2.24, 2.45) is 5.92 Å². The van der Waals surface area contributed by atoms with Crippen LogP contribution in [-0.4, -0.2) is 48.5 Å². The number of benzene rings is 2. The van der Waals surface area contributed by atoms with Crippen LogP contribution in [0.4, 0.5) is 0 Å². The fraction of sp³-hybridized carbons (Fsp3) is 0.435. The number of carbonyl (C=O) groups is 1. The first-order valence-corrected chi connectivity index (χ1v) is 9.96. The molecule has 0 N–H and O–H groups in total. The Morgan fingerprint density at radius 3 is 2.70 bits per heavy atom. The molecule has 1 amide bonds. The van der Waals surface area contributed by atoms with Crippen LogP contribution < -0.4 is 4.74 Å². The number of hydrogen-bond donors (Lipinski definition) is 0. The third-order valence-electron chi connectivity index (χ3n) is 5.66. The smallest absolute Gasteiger partial charge is 0.229 e. The molecule has 2 aliphatic heterocycles. The van der Waals surface area contributed by atoms with Crippen LogP contribution in [0.3, 0.4) is 0 Å². The molecule has 2 heterocycles. The van der Waals surface area contributed by atoms with Crippen LogP contribution in [0.5, 0.6) is 5.75 Å². The summed E-state index contributed by atoms with van der Waals surface area (Å²) in [5.74, 6) is 1.13. The maximum Gasteiger partial charge on any atom is 0.229 e. The lowest BCUT2D eigenvalue weighted by atomic mass is 9.95. The summed E-state index contributed by atoms with van der Waals surface area (Å²) >= 11 is 0. The van der Waals surface area contributed by atoms with Gasteiger partial charge in [0, 0.05) is 32.7 Å². The molecule has 1 atom stereocenters. The molecule has 1 unspecified atom stereocenters. The van der Waals surface area contributed by atoms with Crippen LogP contribution in [0, 0.1) is 12.8 Å². The number of para-hydroxylation sites is 1. The van der Waals surface area contributed by atoms with E-state index in [4.69, 9.17) is 4.74 Å². The molecule has 2 aliphatic rings. The Balaban J connectivity index is 1.34. The van der Waals surface area contributed by atoms with Crippen molar-refractivity contribution < 1.29 is 9.53 Å². The summed E-state index contributed by atoms with van der Waals surface area (Å²) in [5, 5.41) is 0. The number of hydrogen-bond acceptors (Lipinski definition) is 3. The molecule has 1 fully saturated rings. The molecule has 4 rings (SSSR count). The van der Waals surface area contributed by atoms with Crippen molar-refractivity contribution in [2.75, 3.05) is 32.8 Å². The lowest BCUT2D eigenvalue weighted by molar-refractivity contribution is -0.136. The van der Waals surface area contributed by atoms with Gasteiger partial charge in [0.15, 0.2) is 0 Å².